The van der Waals surface area contributed by atoms with Crippen molar-refractivity contribution in [1.29, 1.82) is 0 Å². The van der Waals surface area contributed by atoms with Crippen LogP contribution in [-0.2, 0) is 56.0 Å². The van der Waals surface area contributed by atoms with Crippen LogP contribution < -0.4 is 36.6 Å². The number of esters is 2. The number of aromatic nitrogens is 3. The number of pyridine rings is 3. The van der Waals surface area contributed by atoms with Crippen LogP contribution in [0.4, 0.5) is 5.69 Å². The summed E-state index contributed by atoms with van der Waals surface area (Å²) < 4.78 is 29.8. The van der Waals surface area contributed by atoms with Gasteiger partial charge in [-0.3, -0.25) is 42.9 Å². The number of nitrogens with zero attached hydrogens (tertiary/aromatic N) is 3. The molecule has 610 valence electrons. The van der Waals surface area contributed by atoms with E-state index in [9.17, 15) is 62.6 Å². The van der Waals surface area contributed by atoms with Crippen LogP contribution in [0.25, 0.3) is 33.4 Å². The van der Waals surface area contributed by atoms with Crippen LogP contribution in [-0.4, -0.2) is 112 Å². The summed E-state index contributed by atoms with van der Waals surface area (Å²) in [6, 6.07) is 40.5. The number of carboxylic acid groups (broad SMARTS) is 2. The zero-order valence-electron chi connectivity index (χ0n) is 64.2. The first-order valence-electron chi connectivity index (χ1n) is 35.5. The second-order valence-electron chi connectivity index (χ2n) is 26.2. The number of rotatable bonds is 28. The fraction of sp³-hybridized carbons (Fsp3) is 0.191. The highest BCUT2D eigenvalue weighted by atomic mass is 35.5. The lowest BCUT2D eigenvalue weighted by Crippen LogP contribution is -2.32. The fourth-order valence-corrected chi connectivity index (χ4v) is 15.1. The van der Waals surface area contributed by atoms with E-state index in [2.05, 4.69) is 4.74 Å². The molecule has 3 unspecified atom stereocenters. The molecule has 12 rings (SSSR count). The number of halogens is 3. The zero-order chi connectivity index (χ0) is 84.9. The van der Waals surface area contributed by atoms with E-state index >= 15 is 0 Å². The van der Waals surface area contributed by atoms with Crippen LogP contribution in [0.15, 0.2) is 229 Å². The molecule has 0 aliphatic heterocycles. The monoisotopic (exact) mass is 1710 g/mol. The Morgan fingerprint density at radius 1 is 0.390 bits per heavy atom. The number of Topliss-reactive ketones (excluding diaryl/α,β-unsaturated/α-hetero) is 5. The number of thiophene rings is 3. The summed E-state index contributed by atoms with van der Waals surface area (Å²) in [5.74, 6) is -3.05. The molecule has 23 nitrogen and oxygen atoms in total. The predicted octanol–water partition coefficient (Wildman–Crippen LogP) is 17.6. The van der Waals surface area contributed by atoms with Crippen LogP contribution in [0.5, 0.6) is 17.2 Å². The van der Waals surface area contributed by atoms with Gasteiger partial charge in [0, 0.05) is 104 Å². The van der Waals surface area contributed by atoms with Gasteiger partial charge in [0.05, 0.1) is 82.9 Å². The number of carboxylic acids is 2. The lowest BCUT2D eigenvalue weighted by atomic mass is 9.96. The van der Waals surface area contributed by atoms with E-state index < -0.39 is 52.7 Å². The minimum atomic E-state index is -1.12. The van der Waals surface area contributed by atoms with Crippen molar-refractivity contribution in [1.82, 2.24) is 13.7 Å². The first kappa shape index (κ1) is 91.1. The third-order valence-electron chi connectivity index (χ3n) is 18.5. The molecule has 0 saturated heterocycles. The summed E-state index contributed by atoms with van der Waals surface area (Å²) >= 11 is 23.0. The molecule has 6 aromatic carbocycles. The van der Waals surface area contributed by atoms with Crippen molar-refractivity contribution >= 4 is 127 Å². The molecule has 0 aliphatic rings. The SMILES string of the molecule is C.COC(=O)c1ccc(CC(=O)C(Cc2ccsc2)n2cc(OC)c(-c3cc(Cl)ccc3C(C)=O)cc2=O)cc1.COC(=O)c1ccc(N)cc1.COc1cn(C(Cc2ccsc2)C(=O)Cc2ccc(C(=O)O)cc2)c(=O)cc1-c1cc(Cl)ccc1C(C)=O.COc1cn(C(Cc2ccsc2)C(=O)O)c(=O)cc1-c1cc(Cl)ccc1C(C)=O. The third kappa shape index (κ3) is 23.4. The number of carbonyl (C=O) groups is 9. The van der Waals surface area contributed by atoms with Gasteiger partial charge in [0.15, 0.2) is 28.9 Å². The molecule has 29 heteroatoms. The fourth-order valence-electron chi connectivity index (χ4n) is 12.5. The molecule has 0 saturated carbocycles. The van der Waals surface area contributed by atoms with Gasteiger partial charge in [0.2, 0.25) is 0 Å². The van der Waals surface area contributed by atoms with Crippen molar-refractivity contribution < 1.29 is 77.0 Å². The number of nitrogens with two attached hydrogens (primary N) is 1. The van der Waals surface area contributed by atoms with E-state index in [0.29, 0.717) is 111 Å². The highest BCUT2D eigenvalue weighted by molar-refractivity contribution is 7.08. The summed E-state index contributed by atoms with van der Waals surface area (Å²) in [6.45, 7) is 4.29. The average Bonchev–Trinajstić information content (AvgIpc) is 1.28. The maximum atomic E-state index is 13.7. The molecule has 118 heavy (non-hydrogen) atoms. The third-order valence-corrected chi connectivity index (χ3v) is 21.4. The van der Waals surface area contributed by atoms with E-state index in [1.807, 2.05) is 50.5 Å². The number of anilines is 1. The molecular weight excluding hydrogens is 1630 g/mol. The average molecular weight is 1710 g/mol. The molecule has 3 atom stereocenters. The molecule has 0 amide bonds. The number of hydrogen-bond acceptors (Lipinski definition) is 21. The van der Waals surface area contributed by atoms with Gasteiger partial charge in [-0.1, -0.05) is 66.5 Å². The Balaban J connectivity index is 0.000000208. The minimum absolute atomic E-state index is 0. The predicted molar refractivity (Wildman–Crippen MR) is 459 cm³/mol. The van der Waals surface area contributed by atoms with E-state index in [-0.39, 0.29) is 79.3 Å². The van der Waals surface area contributed by atoms with Gasteiger partial charge in [0.1, 0.15) is 23.3 Å². The summed E-state index contributed by atoms with van der Waals surface area (Å²) in [7, 11) is 6.98. The number of methoxy groups -OCH3 is 5. The number of ketones is 5. The standard InChI is InChI=1S/C30H26ClNO6S.C29H24ClNO6S.C21H18ClNO5S.C8H9NO2.CH4/c1-18(33)23-9-8-22(31)14-24(23)25-15-29(35)32(16-28(25)37-2)26(12-20-10-11-39-17-20)27(34)13-19-4-6-21(7-5-19)30(36)38-3;1-17(32)22-8-7-21(30)13-23(22)24-14-28(34)31(15-27(24)37-2)25(11-19-9-10-38-16-19)26(33)12-18-3-5-20(6-4-18)29(35)36;1-12(24)15-4-3-14(22)8-16(15)17-9-20(25)23(10-19(17)28-2)18(21(26)27)7-13-5-6-29-11-13;1-11-8(10)6-2-4-7(9)5-3-6;/h4-11,14-17,26H,12-13H2,1-3H3;3-10,13-16,25H,11-12H2,1-2H3,(H,35,36);3-6,8-11,18H,7H2,1-2H3,(H,26,27);2-5H,9H2,1H3;1H4. The second kappa shape index (κ2) is 42.4. The molecule has 0 fully saturated rings. The highest BCUT2D eigenvalue weighted by Gasteiger charge is 2.30. The summed E-state index contributed by atoms with van der Waals surface area (Å²) in [4.78, 5) is 149. The normalized spacial score (nSPS) is 11.3. The first-order chi connectivity index (χ1) is 55.9. The van der Waals surface area contributed by atoms with Crippen molar-refractivity contribution in [2.75, 3.05) is 41.3 Å². The second-order valence-corrected chi connectivity index (χ2v) is 29.9. The number of aromatic carboxylic acids is 1. The number of ether oxygens (including phenoxy) is 5. The molecule has 6 aromatic heterocycles. The number of hydrogen-bond donors (Lipinski definition) is 3. The van der Waals surface area contributed by atoms with E-state index in [1.54, 1.807) is 115 Å². The Labute approximate surface area is 705 Å². The molecule has 0 radical (unpaired) electrons. The Morgan fingerprint density at radius 2 is 0.686 bits per heavy atom. The largest absolute Gasteiger partial charge is 0.495 e. The van der Waals surface area contributed by atoms with Crippen molar-refractivity contribution in [2.24, 2.45) is 0 Å². The van der Waals surface area contributed by atoms with Crippen molar-refractivity contribution in [3.8, 4) is 50.6 Å². The van der Waals surface area contributed by atoms with Crippen molar-refractivity contribution in [2.45, 2.75) is 78.4 Å². The van der Waals surface area contributed by atoms with Crippen LogP contribution in [0, 0.1) is 0 Å². The minimum Gasteiger partial charge on any atom is -0.495 e. The van der Waals surface area contributed by atoms with Crippen molar-refractivity contribution in [3.63, 3.8) is 0 Å². The number of benzene rings is 6. The Hall–Kier alpha value is -12.4. The Bertz CT molecular complexity index is 5830. The Kier molecular flexibility index (Phi) is 32.8. The first-order valence-corrected chi connectivity index (χ1v) is 39.5. The summed E-state index contributed by atoms with van der Waals surface area (Å²) in [5, 5.41) is 31.4. The van der Waals surface area contributed by atoms with Gasteiger partial charge in [0.25, 0.3) is 16.7 Å². The van der Waals surface area contributed by atoms with Crippen molar-refractivity contribution in [3.05, 3.63) is 322 Å². The van der Waals surface area contributed by atoms with Gasteiger partial charge in [-0.15, -0.1) is 0 Å². The molecule has 0 bridgehead atoms. The molecule has 0 aliphatic carbocycles. The topological polar surface area (TPSA) is 332 Å². The smallest absolute Gasteiger partial charge is 0.337 e. The molecule has 4 N–H and O–H groups in total. The van der Waals surface area contributed by atoms with Crippen LogP contribution in [0.3, 0.4) is 0 Å². The molecular formula is C89H81Cl3N4O19S3. The number of carbonyl (C=O) groups excluding carboxylic acids is 7. The van der Waals surface area contributed by atoms with Crippen LogP contribution in [0.2, 0.25) is 15.1 Å². The van der Waals surface area contributed by atoms with E-state index in [4.69, 9.17) is 64.6 Å². The zero-order valence-corrected chi connectivity index (χ0v) is 68.9. The maximum Gasteiger partial charge on any atom is 0.337 e. The number of aliphatic carboxylic acids is 1. The van der Waals surface area contributed by atoms with E-state index in [0.717, 1.165) is 21.3 Å². The molecule has 6 heterocycles. The van der Waals surface area contributed by atoms with Crippen LogP contribution in [0.1, 0.15) is 136 Å². The highest BCUT2D eigenvalue weighted by Crippen LogP contribution is 2.38. The van der Waals surface area contributed by atoms with Gasteiger partial charge in [-0.2, -0.15) is 34.0 Å². The maximum absolute atomic E-state index is 13.7. The van der Waals surface area contributed by atoms with Gasteiger partial charge in [-0.25, -0.2) is 19.2 Å². The van der Waals surface area contributed by atoms with Gasteiger partial charge in [-0.05, 0) is 219 Å². The van der Waals surface area contributed by atoms with Gasteiger partial charge >= 0.3 is 23.9 Å². The molecule has 0 spiro atoms. The molecule has 12 aromatic rings. The van der Waals surface area contributed by atoms with E-state index in [1.165, 1.54) is 148 Å². The summed E-state index contributed by atoms with van der Waals surface area (Å²) in [5.41, 5.74) is 13.4. The summed E-state index contributed by atoms with van der Waals surface area (Å²) in [6.07, 6.45) is 5.19. The Morgan fingerprint density at radius 3 is 0.958 bits per heavy atom. The van der Waals surface area contributed by atoms with Crippen LogP contribution >= 0.6 is 68.8 Å². The lowest BCUT2D eigenvalue weighted by Gasteiger charge is -2.21. The quantitative estimate of drug-likeness (QED) is 0.0233. The van der Waals surface area contributed by atoms with Gasteiger partial charge < -0.3 is 48.8 Å². The lowest BCUT2D eigenvalue weighted by molar-refractivity contribution is -0.141. The number of nitrogen functional groups attached to an aromatic ring is 1.